The number of carbonyl (C=O) groups is 1. The molecule has 1 aliphatic carbocycles. The molecule has 1 saturated carbocycles. The Labute approximate surface area is 87.8 Å². The van der Waals surface area contributed by atoms with E-state index in [9.17, 15) is 13.6 Å². The highest BCUT2D eigenvalue weighted by molar-refractivity contribution is 5.80. The molecule has 0 aromatic heterocycles. The normalized spacial score (nSPS) is 29.9. The van der Waals surface area contributed by atoms with E-state index in [1.54, 1.807) is 11.9 Å². The van der Waals surface area contributed by atoms with Gasteiger partial charge in [-0.25, -0.2) is 8.78 Å². The molecule has 1 heterocycles. The third-order valence-corrected chi connectivity index (χ3v) is 3.37. The number of halogens is 2. The minimum Gasteiger partial charge on any atom is -0.341 e. The molecule has 1 atom stereocenters. The molecule has 1 N–H and O–H groups in total. The maximum absolute atomic E-state index is 12.6. The quantitative estimate of drug-likeness (QED) is 0.745. The molecule has 0 bridgehead atoms. The number of hydrogen-bond acceptors (Lipinski definition) is 2. The summed E-state index contributed by atoms with van der Waals surface area (Å²) < 4.78 is 25.2. The van der Waals surface area contributed by atoms with E-state index in [0.29, 0.717) is 0 Å². The minimum absolute atomic E-state index is 0.116. The maximum atomic E-state index is 12.6. The number of nitrogens with zero attached hydrogens (tertiary/aromatic N) is 1. The first-order chi connectivity index (χ1) is 6.99. The zero-order valence-corrected chi connectivity index (χ0v) is 8.80. The fourth-order valence-corrected chi connectivity index (χ4v) is 2.27. The minimum atomic E-state index is -2.60. The van der Waals surface area contributed by atoms with Gasteiger partial charge in [0.2, 0.25) is 11.8 Å². The van der Waals surface area contributed by atoms with Crippen molar-refractivity contribution in [2.24, 2.45) is 5.92 Å². The predicted molar refractivity (Wildman–Crippen MR) is 51.7 cm³/mol. The lowest BCUT2D eigenvalue weighted by Crippen LogP contribution is -2.49. The first kappa shape index (κ1) is 10.8. The van der Waals surface area contributed by atoms with Gasteiger partial charge in [0.05, 0.1) is 0 Å². The van der Waals surface area contributed by atoms with Crippen LogP contribution in [-0.2, 0) is 4.79 Å². The van der Waals surface area contributed by atoms with Crippen LogP contribution in [0, 0.1) is 5.92 Å². The zero-order valence-electron chi connectivity index (χ0n) is 8.80. The Bertz CT molecular complexity index is 256. The van der Waals surface area contributed by atoms with Crippen LogP contribution in [0.1, 0.15) is 19.3 Å². The largest absolute Gasteiger partial charge is 0.341 e. The summed E-state index contributed by atoms with van der Waals surface area (Å²) in [7, 11) is 1.72. The molecule has 86 valence electrons. The van der Waals surface area contributed by atoms with Crippen LogP contribution < -0.4 is 5.32 Å². The third-order valence-electron chi connectivity index (χ3n) is 3.37. The van der Waals surface area contributed by atoms with E-state index in [2.05, 4.69) is 5.32 Å². The van der Waals surface area contributed by atoms with Crippen molar-refractivity contribution in [2.45, 2.75) is 31.2 Å². The number of alkyl halides is 2. The van der Waals surface area contributed by atoms with Gasteiger partial charge in [-0.05, 0) is 13.0 Å². The molecule has 0 aromatic carbocycles. The Morgan fingerprint density at radius 3 is 2.60 bits per heavy atom. The van der Waals surface area contributed by atoms with Crippen molar-refractivity contribution in [3.63, 3.8) is 0 Å². The Morgan fingerprint density at radius 2 is 2.13 bits per heavy atom. The van der Waals surface area contributed by atoms with Gasteiger partial charge in [-0.2, -0.15) is 0 Å². The second kappa shape index (κ2) is 3.70. The van der Waals surface area contributed by atoms with E-state index in [4.69, 9.17) is 0 Å². The van der Waals surface area contributed by atoms with Crippen LogP contribution in [0.4, 0.5) is 8.78 Å². The van der Waals surface area contributed by atoms with Crippen LogP contribution in [-0.4, -0.2) is 42.9 Å². The second-order valence-electron chi connectivity index (χ2n) is 4.56. The monoisotopic (exact) mass is 218 g/mol. The SMILES string of the molecule is CN(C(=O)C1CC(F)(F)C1)[C@H]1CCNC1. The maximum Gasteiger partial charge on any atom is 0.249 e. The van der Waals surface area contributed by atoms with Gasteiger partial charge in [0, 0.05) is 38.4 Å². The number of hydrogen-bond donors (Lipinski definition) is 1. The van der Waals surface area contributed by atoms with Crippen molar-refractivity contribution < 1.29 is 13.6 Å². The highest BCUT2D eigenvalue weighted by atomic mass is 19.3. The Balaban J connectivity index is 1.86. The van der Waals surface area contributed by atoms with E-state index >= 15 is 0 Å². The summed E-state index contributed by atoms with van der Waals surface area (Å²) in [5, 5.41) is 3.16. The average Bonchev–Trinajstić information content (AvgIpc) is 2.64. The number of carbonyl (C=O) groups excluding carboxylic acids is 1. The fraction of sp³-hybridized carbons (Fsp3) is 0.900. The standard InChI is InChI=1S/C10H16F2N2O/c1-14(8-2-3-13-6-8)9(15)7-4-10(11,12)5-7/h7-8,13H,2-6H2,1H3/t8-/m0/s1. The van der Waals surface area contributed by atoms with Gasteiger partial charge < -0.3 is 10.2 Å². The van der Waals surface area contributed by atoms with Crippen molar-refractivity contribution in [1.82, 2.24) is 10.2 Å². The van der Waals surface area contributed by atoms with Crippen LogP contribution in [0.5, 0.6) is 0 Å². The second-order valence-corrected chi connectivity index (χ2v) is 4.56. The Kier molecular flexibility index (Phi) is 2.66. The van der Waals surface area contributed by atoms with E-state index in [-0.39, 0.29) is 24.8 Å². The van der Waals surface area contributed by atoms with E-state index < -0.39 is 11.8 Å². The first-order valence-corrected chi connectivity index (χ1v) is 5.35. The zero-order chi connectivity index (χ0) is 11.1. The van der Waals surface area contributed by atoms with Crippen molar-refractivity contribution in [3.05, 3.63) is 0 Å². The Morgan fingerprint density at radius 1 is 1.47 bits per heavy atom. The summed E-state index contributed by atoms with van der Waals surface area (Å²) in [6.45, 7) is 1.69. The summed E-state index contributed by atoms with van der Waals surface area (Å²) in [5.74, 6) is -3.17. The highest BCUT2D eigenvalue weighted by Crippen LogP contribution is 2.43. The Hall–Kier alpha value is -0.710. The molecule has 2 aliphatic rings. The first-order valence-electron chi connectivity index (χ1n) is 5.35. The number of rotatable bonds is 2. The van der Waals surface area contributed by atoms with Crippen LogP contribution in [0.15, 0.2) is 0 Å². The smallest absolute Gasteiger partial charge is 0.249 e. The average molecular weight is 218 g/mol. The van der Waals surface area contributed by atoms with Gasteiger partial charge >= 0.3 is 0 Å². The van der Waals surface area contributed by atoms with Crippen LogP contribution in [0.25, 0.3) is 0 Å². The summed E-state index contributed by atoms with van der Waals surface area (Å²) >= 11 is 0. The summed E-state index contributed by atoms with van der Waals surface area (Å²) in [5.41, 5.74) is 0. The lowest BCUT2D eigenvalue weighted by Gasteiger charge is -2.37. The lowest BCUT2D eigenvalue weighted by molar-refractivity contribution is -0.160. The molecule has 1 amide bonds. The van der Waals surface area contributed by atoms with Crippen LogP contribution >= 0.6 is 0 Å². The number of nitrogens with one attached hydrogen (secondary N) is 1. The molecule has 3 nitrogen and oxygen atoms in total. The van der Waals surface area contributed by atoms with Crippen molar-refractivity contribution in [2.75, 3.05) is 20.1 Å². The molecule has 5 heteroatoms. The third kappa shape index (κ3) is 2.12. The fourth-order valence-electron chi connectivity index (χ4n) is 2.27. The van der Waals surface area contributed by atoms with Gasteiger partial charge in [-0.1, -0.05) is 0 Å². The molecule has 0 spiro atoms. The molecule has 0 radical (unpaired) electrons. The summed E-state index contributed by atoms with van der Waals surface area (Å²) in [6, 6.07) is 0.187. The number of amides is 1. The van der Waals surface area contributed by atoms with Gasteiger partial charge in [0.25, 0.3) is 0 Å². The van der Waals surface area contributed by atoms with Crippen molar-refractivity contribution in [1.29, 1.82) is 0 Å². The van der Waals surface area contributed by atoms with Gasteiger partial charge in [0.1, 0.15) is 0 Å². The molecule has 0 unspecified atom stereocenters. The summed E-state index contributed by atoms with van der Waals surface area (Å²) in [6.07, 6.45) is 0.387. The lowest BCUT2D eigenvalue weighted by atomic mass is 9.80. The molecule has 15 heavy (non-hydrogen) atoms. The topological polar surface area (TPSA) is 32.3 Å². The molecule has 2 rings (SSSR count). The molecule has 1 saturated heterocycles. The highest BCUT2D eigenvalue weighted by Gasteiger charge is 2.49. The predicted octanol–water partition coefficient (Wildman–Crippen LogP) is 0.852. The molecular weight excluding hydrogens is 202 g/mol. The van der Waals surface area contributed by atoms with Crippen LogP contribution in [0.3, 0.4) is 0 Å². The number of likely N-dealkylation sites (N-methyl/N-ethyl adjacent to an activating group) is 1. The molecular formula is C10H16F2N2O. The van der Waals surface area contributed by atoms with Crippen molar-refractivity contribution in [3.8, 4) is 0 Å². The van der Waals surface area contributed by atoms with Crippen molar-refractivity contribution >= 4 is 5.91 Å². The molecule has 2 fully saturated rings. The van der Waals surface area contributed by atoms with E-state index in [1.165, 1.54) is 0 Å². The van der Waals surface area contributed by atoms with Gasteiger partial charge in [0.15, 0.2) is 0 Å². The molecule has 1 aliphatic heterocycles. The summed E-state index contributed by atoms with van der Waals surface area (Å²) in [4.78, 5) is 13.4. The van der Waals surface area contributed by atoms with Crippen LogP contribution in [0.2, 0.25) is 0 Å². The van der Waals surface area contributed by atoms with Gasteiger partial charge in [-0.15, -0.1) is 0 Å². The van der Waals surface area contributed by atoms with Gasteiger partial charge in [-0.3, -0.25) is 4.79 Å². The van der Waals surface area contributed by atoms with E-state index in [0.717, 1.165) is 19.5 Å². The van der Waals surface area contributed by atoms with E-state index in [1.807, 2.05) is 0 Å². The molecule has 0 aromatic rings.